The molecule has 0 spiro atoms. The van der Waals surface area contributed by atoms with Crippen LogP contribution in [0.5, 0.6) is 0 Å². The summed E-state index contributed by atoms with van der Waals surface area (Å²) >= 11 is 0. The van der Waals surface area contributed by atoms with E-state index in [0.29, 0.717) is 23.9 Å². The first kappa shape index (κ1) is 15.7. The predicted molar refractivity (Wildman–Crippen MR) is 92.5 cm³/mol. The lowest BCUT2D eigenvalue weighted by Crippen LogP contribution is -2.52. The molecule has 4 heteroatoms. The molecule has 0 N–H and O–H groups in total. The zero-order valence-corrected chi connectivity index (χ0v) is 14.2. The zero-order chi connectivity index (χ0) is 16.5. The molecule has 2 aliphatic heterocycles. The molecule has 128 valence electrons. The number of rotatable bonds is 2. The number of hydrogen-bond acceptors (Lipinski definition) is 2. The fraction of sp³-hybridized carbons (Fsp3) is 0.600. The molecule has 1 aliphatic carbocycles. The number of benzene rings is 1. The van der Waals surface area contributed by atoms with Crippen molar-refractivity contribution in [1.82, 2.24) is 9.80 Å². The van der Waals surface area contributed by atoms with E-state index in [4.69, 9.17) is 0 Å². The largest absolute Gasteiger partial charge is 0.340 e. The highest BCUT2D eigenvalue weighted by Crippen LogP contribution is 2.38. The van der Waals surface area contributed by atoms with Crippen LogP contribution in [-0.2, 0) is 4.79 Å². The second-order valence-corrected chi connectivity index (χ2v) is 7.57. The van der Waals surface area contributed by atoms with E-state index < -0.39 is 0 Å². The summed E-state index contributed by atoms with van der Waals surface area (Å²) in [5.41, 5.74) is 0.690. The third-order valence-corrected chi connectivity index (χ3v) is 6.11. The molecule has 1 aromatic carbocycles. The highest BCUT2D eigenvalue weighted by Gasteiger charge is 2.42. The summed E-state index contributed by atoms with van der Waals surface area (Å²) in [4.78, 5) is 29.9. The second kappa shape index (κ2) is 6.58. The van der Waals surface area contributed by atoms with Crippen molar-refractivity contribution in [3.63, 3.8) is 0 Å². The van der Waals surface area contributed by atoms with Crippen molar-refractivity contribution < 1.29 is 9.59 Å². The SMILES string of the molecule is O=C([C@@H]1CCCCN1C(=O)c1ccccc1)N1C[C@H]2CCC[C@@H]2C1. The van der Waals surface area contributed by atoms with Gasteiger partial charge in [-0.05, 0) is 56.1 Å². The van der Waals surface area contributed by atoms with E-state index in [0.717, 1.165) is 32.4 Å². The Morgan fingerprint density at radius 1 is 0.875 bits per heavy atom. The summed E-state index contributed by atoms with van der Waals surface area (Å²) in [7, 11) is 0. The summed E-state index contributed by atoms with van der Waals surface area (Å²) in [5, 5.41) is 0. The van der Waals surface area contributed by atoms with Gasteiger partial charge >= 0.3 is 0 Å². The van der Waals surface area contributed by atoms with Crippen LogP contribution in [0.1, 0.15) is 48.9 Å². The van der Waals surface area contributed by atoms with Gasteiger partial charge in [0.25, 0.3) is 5.91 Å². The number of likely N-dealkylation sites (tertiary alicyclic amines) is 2. The Morgan fingerprint density at radius 2 is 1.58 bits per heavy atom. The van der Waals surface area contributed by atoms with Crippen molar-refractivity contribution in [3.8, 4) is 0 Å². The second-order valence-electron chi connectivity index (χ2n) is 7.57. The summed E-state index contributed by atoms with van der Waals surface area (Å²) in [6.45, 7) is 2.52. The number of nitrogens with zero attached hydrogens (tertiary/aromatic N) is 2. The maximum Gasteiger partial charge on any atom is 0.254 e. The molecule has 4 nitrogen and oxygen atoms in total. The number of fused-ring (bicyclic) bond motifs is 1. The van der Waals surface area contributed by atoms with Crippen LogP contribution < -0.4 is 0 Å². The first-order valence-electron chi connectivity index (χ1n) is 9.39. The smallest absolute Gasteiger partial charge is 0.254 e. The summed E-state index contributed by atoms with van der Waals surface area (Å²) < 4.78 is 0. The van der Waals surface area contributed by atoms with Crippen LogP contribution in [-0.4, -0.2) is 47.3 Å². The van der Waals surface area contributed by atoms with Gasteiger partial charge in [-0.25, -0.2) is 0 Å². The van der Waals surface area contributed by atoms with Gasteiger partial charge < -0.3 is 9.80 Å². The number of amides is 2. The molecule has 1 saturated carbocycles. The quantitative estimate of drug-likeness (QED) is 0.838. The lowest BCUT2D eigenvalue weighted by atomic mass is 9.99. The van der Waals surface area contributed by atoms with Crippen molar-refractivity contribution in [2.24, 2.45) is 11.8 Å². The molecular formula is C20H26N2O2. The fourth-order valence-corrected chi connectivity index (χ4v) is 4.80. The van der Waals surface area contributed by atoms with Gasteiger partial charge in [-0.1, -0.05) is 24.6 Å². The molecule has 1 aromatic rings. The monoisotopic (exact) mass is 326 g/mol. The van der Waals surface area contributed by atoms with E-state index in [1.165, 1.54) is 19.3 Å². The minimum atomic E-state index is -0.259. The molecular weight excluding hydrogens is 300 g/mol. The number of hydrogen-bond donors (Lipinski definition) is 0. The van der Waals surface area contributed by atoms with Crippen molar-refractivity contribution >= 4 is 11.8 Å². The Kier molecular flexibility index (Phi) is 4.30. The molecule has 0 unspecified atom stereocenters. The number of carbonyl (C=O) groups is 2. The maximum absolute atomic E-state index is 13.1. The average molecular weight is 326 g/mol. The molecule has 3 atom stereocenters. The molecule has 0 bridgehead atoms. The van der Waals surface area contributed by atoms with Crippen LogP contribution in [0.3, 0.4) is 0 Å². The van der Waals surface area contributed by atoms with Crippen molar-refractivity contribution in [3.05, 3.63) is 35.9 Å². The zero-order valence-electron chi connectivity index (χ0n) is 14.2. The lowest BCUT2D eigenvalue weighted by molar-refractivity contribution is -0.136. The number of carbonyl (C=O) groups excluding carboxylic acids is 2. The maximum atomic E-state index is 13.1. The normalized spacial score (nSPS) is 29.6. The first-order valence-corrected chi connectivity index (χ1v) is 9.39. The topological polar surface area (TPSA) is 40.6 Å². The molecule has 0 aromatic heterocycles. The van der Waals surface area contributed by atoms with Gasteiger partial charge in [0.1, 0.15) is 6.04 Å². The summed E-state index contributed by atoms with van der Waals surface area (Å²) in [6, 6.07) is 9.12. The summed E-state index contributed by atoms with van der Waals surface area (Å²) in [5.74, 6) is 1.60. The van der Waals surface area contributed by atoms with E-state index in [-0.39, 0.29) is 17.9 Å². The molecule has 0 radical (unpaired) electrons. The van der Waals surface area contributed by atoms with Crippen LogP contribution >= 0.6 is 0 Å². The third kappa shape index (κ3) is 2.83. The van der Waals surface area contributed by atoms with Gasteiger partial charge in [-0.3, -0.25) is 9.59 Å². The minimum Gasteiger partial charge on any atom is -0.340 e. The Labute approximate surface area is 143 Å². The van der Waals surface area contributed by atoms with Crippen LogP contribution in [0.15, 0.2) is 30.3 Å². The van der Waals surface area contributed by atoms with Crippen LogP contribution in [0, 0.1) is 11.8 Å². The summed E-state index contributed by atoms with van der Waals surface area (Å²) in [6.07, 6.45) is 6.70. The Morgan fingerprint density at radius 3 is 2.29 bits per heavy atom. The molecule has 3 aliphatic rings. The van der Waals surface area contributed by atoms with Crippen LogP contribution in [0.2, 0.25) is 0 Å². The van der Waals surface area contributed by atoms with Gasteiger partial charge in [0.05, 0.1) is 0 Å². The van der Waals surface area contributed by atoms with E-state index >= 15 is 0 Å². The van der Waals surface area contributed by atoms with E-state index in [9.17, 15) is 9.59 Å². The lowest BCUT2D eigenvalue weighted by Gasteiger charge is -2.37. The predicted octanol–water partition coefficient (Wildman–Crippen LogP) is 2.94. The highest BCUT2D eigenvalue weighted by molar-refractivity contribution is 5.97. The van der Waals surface area contributed by atoms with E-state index in [1.54, 1.807) is 0 Å². The molecule has 24 heavy (non-hydrogen) atoms. The van der Waals surface area contributed by atoms with Gasteiger partial charge in [-0.2, -0.15) is 0 Å². The van der Waals surface area contributed by atoms with Gasteiger partial charge in [-0.15, -0.1) is 0 Å². The van der Waals surface area contributed by atoms with E-state index in [2.05, 4.69) is 4.90 Å². The van der Waals surface area contributed by atoms with Crippen molar-refractivity contribution in [1.29, 1.82) is 0 Å². The van der Waals surface area contributed by atoms with Gasteiger partial charge in [0.15, 0.2) is 0 Å². The average Bonchev–Trinajstić information content (AvgIpc) is 3.23. The first-order chi connectivity index (χ1) is 11.7. The van der Waals surface area contributed by atoms with Crippen molar-refractivity contribution in [2.45, 2.75) is 44.6 Å². The molecule has 4 rings (SSSR count). The van der Waals surface area contributed by atoms with Crippen LogP contribution in [0.25, 0.3) is 0 Å². The van der Waals surface area contributed by atoms with Gasteiger partial charge in [0, 0.05) is 25.2 Å². The Bertz CT molecular complexity index is 603. The standard InChI is InChI=1S/C20H26N2O2/c23-19(15-7-2-1-3-8-15)22-12-5-4-11-18(22)20(24)21-13-16-9-6-10-17(16)14-21/h1-3,7-8,16-18H,4-6,9-14H2/t16-,17-,18+/m1/s1. The third-order valence-electron chi connectivity index (χ3n) is 6.11. The minimum absolute atomic E-state index is 0.00745. The van der Waals surface area contributed by atoms with Gasteiger partial charge in [0.2, 0.25) is 5.91 Å². The molecule has 2 amide bonds. The number of piperidine rings is 1. The van der Waals surface area contributed by atoms with Crippen molar-refractivity contribution in [2.75, 3.05) is 19.6 Å². The molecule has 2 heterocycles. The van der Waals surface area contributed by atoms with Crippen LogP contribution in [0.4, 0.5) is 0 Å². The fourth-order valence-electron chi connectivity index (χ4n) is 4.80. The molecule has 3 fully saturated rings. The molecule has 2 saturated heterocycles. The highest BCUT2D eigenvalue weighted by atomic mass is 16.2. The van der Waals surface area contributed by atoms with E-state index in [1.807, 2.05) is 35.2 Å². The Balaban J connectivity index is 1.50. The Hall–Kier alpha value is -1.84.